The predicted molar refractivity (Wildman–Crippen MR) is 163 cm³/mol. The highest BCUT2D eigenvalue weighted by Gasteiger charge is 2.43. The highest BCUT2D eigenvalue weighted by molar-refractivity contribution is 6.18. The van der Waals surface area contributed by atoms with Crippen molar-refractivity contribution in [2.45, 2.75) is 70.5 Å². The first kappa shape index (κ1) is 32.0. The molecule has 0 spiro atoms. The number of alkyl halides is 2. The van der Waals surface area contributed by atoms with Crippen LogP contribution < -0.4 is 10.6 Å². The third-order valence-electron chi connectivity index (χ3n) is 8.65. The van der Waals surface area contributed by atoms with Crippen molar-refractivity contribution in [1.29, 1.82) is 0 Å². The molecule has 8 nitrogen and oxygen atoms in total. The van der Waals surface area contributed by atoms with Gasteiger partial charge in [0.1, 0.15) is 18.3 Å². The van der Waals surface area contributed by atoms with Crippen LogP contribution in [-0.2, 0) is 17.6 Å². The Morgan fingerprint density at radius 3 is 2.34 bits per heavy atom. The van der Waals surface area contributed by atoms with Crippen LogP contribution in [0.1, 0.15) is 50.6 Å². The van der Waals surface area contributed by atoms with Crippen molar-refractivity contribution in [3.05, 3.63) is 69.9 Å². The van der Waals surface area contributed by atoms with Gasteiger partial charge in [-0.1, -0.05) is 37.6 Å². The molecule has 1 aromatic heterocycles. The van der Waals surface area contributed by atoms with Crippen LogP contribution in [0.4, 0.5) is 5.69 Å². The second-order valence-electron chi connectivity index (χ2n) is 11.4. The van der Waals surface area contributed by atoms with Gasteiger partial charge in [-0.2, -0.15) is 4.98 Å². The normalized spacial score (nSPS) is 24.1. The van der Waals surface area contributed by atoms with Gasteiger partial charge in [-0.25, -0.2) is 4.79 Å². The molecule has 2 aromatic rings. The standard InChI is InChI=1S/C31H43Cl2N3O5/c1-20(18-24-12-15-36(31(40)34-24)30-29(39)28(38)27(19-37)41-30)21(2)26(23-8-9-23)5-3-4-22-6-10-25(11-7-22)35(16-13-32)17-14-33/h6-8,10-12,15,20-21,26-30,37-39H,3-5,9,13-14,16-19H2,1-2H3/t20-,21?,26?,27?,28?,29?,30?/m0/s1. The maximum Gasteiger partial charge on any atom is 0.349 e. The Morgan fingerprint density at radius 2 is 1.78 bits per heavy atom. The lowest BCUT2D eigenvalue weighted by molar-refractivity contribution is -0.0550. The van der Waals surface area contributed by atoms with Crippen molar-refractivity contribution >= 4 is 28.9 Å². The van der Waals surface area contributed by atoms with Crippen LogP contribution in [0.5, 0.6) is 0 Å². The van der Waals surface area contributed by atoms with Crippen molar-refractivity contribution in [1.82, 2.24) is 9.55 Å². The van der Waals surface area contributed by atoms with E-state index in [-0.39, 0.29) is 0 Å². The number of nitrogens with zero attached hydrogens (tertiary/aromatic N) is 3. The average Bonchev–Trinajstić information content (AvgIpc) is 3.77. The Kier molecular flexibility index (Phi) is 11.7. The topological polar surface area (TPSA) is 108 Å². The van der Waals surface area contributed by atoms with Gasteiger partial charge in [0.15, 0.2) is 6.23 Å². The lowest BCUT2D eigenvalue weighted by atomic mass is 9.77. The van der Waals surface area contributed by atoms with E-state index in [1.165, 1.54) is 15.7 Å². The van der Waals surface area contributed by atoms with Crippen LogP contribution >= 0.6 is 23.2 Å². The Balaban J connectivity index is 1.31. The molecule has 7 atom stereocenters. The van der Waals surface area contributed by atoms with Crippen LogP contribution in [0, 0.1) is 17.8 Å². The number of rotatable bonds is 16. The quantitative estimate of drug-likeness (QED) is 0.196. The van der Waals surface area contributed by atoms with Gasteiger partial charge in [-0.15, -0.1) is 23.2 Å². The van der Waals surface area contributed by atoms with Crippen molar-refractivity contribution in [3.63, 3.8) is 0 Å². The van der Waals surface area contributed by atoms with Crippen molar-refractivity contribution in [2.24, 2.45) is 17.8 Å². The summed E-state index contributed by atoms with van der Waals surface area (Å²) in [6, 6.07) is 10.5. The van der Waals surface area contributed by atoms with Crippen LogP contribution in [-0.4, -0.2) is 74.6 Å². The Labute approximate surface area is 252 Å². The smallest absolute Gasteiger partial charge is 0.349 e. The molecule has 2 aliphatic rings. The van der Waals surface area contributed by atoms with Crippen LogP contribution in [0.25, 0.3) is 0 Å². The summed E-state index contributed by atoms with van der Waals surface area (Å²) < 4.78 is 6.67. The summed E-state index contributed by atoms with van der Waals surface area (Å²) in [6.07, 6.45) is 4.27. The maximum atomic E-state index is 12.8. The fourth-order valence-corrected chi connectivity index (χ4v) is 6.31. The molecule has 0 radical (unpaired) electrons. The monoisotopic (exact) mass is 607 g/mol. The zero-order valence-corrected chi connectivity index (χ0v) is 25.4. The number of aliphatic hydroxyl groups excluding tert-OH is 3. The van der Waals surface area contributed by atoms with Crippen molar-refractivity contribution in [3.8, 4) is 0 Å². The summed E-state index contributed by atoms with van der Waals surface area (Å²) in [6.45, 7) is 5.62. The molecule has 1 aromatic carbocycles. The molecule has 1 aliphatic carbocycles. The zero-order chi connectivity index (χ0) is 29.5. The molecule has 226 valence electrons. The molecule has 2 heterocycles. The van der Waals surface area contributed by atoms with E-state index in [0.29, 0.717) is 41.6 Å². The van der Waals surface area contributed by atoms with E-state index in [1.807, 2.05) is 0 Å². The van der Waals surface area contributed by atoms with Crippen LogP contribution in [0.15, 0.2) is 53.0 Å². The Bertz CT molecular complexity index is 1200. The average molecular weight is 609 g/mol. The van der Waals surface area contributed by atoms with Gasteiger partial charge >= 0.3 is 5.69 Å². The van der Waals surface area contributed by atoms with E-state index >= 15 is 0 Å². The molecule has 10 heteroatoms. The number of halogens is 2. The molecular formula is C31H43Cl2N3O5. The summed E-state index contributed by atoms with van der Waals surface area (Å²) in [7, 11) is 0. The highest BCUT2D eigenvalue weighted by atomic mass is 35.5. The van der Waals surface area contributed by atoms with E-state index in [1.54, 1.807) is 12.3 Å². The molecule has 0 bridgehead atoms. The lowest BCUT2D eigenvalue weighted by Gasteiger charge is -2.28. The van der Waals surface area contributed by atoms with E-state index in [4.69, 9.17) is 27.9 Å². The van der Waals surface area contributed by atoms with Gasteiger partial charge in [0.2, 0.25) is 0 Å². The first-order chi connectivity index (χ1) is 19.8. The fourth-order valence-electron chi connectivity index (χ4n) is 5.90. The maximum absolute atomic E-state index is 12.8. The number of hydrogen-bond donors (Lipinski definition) is 3. The number of aryl methyl sites for hydroxylation is 1. The second kappa shape index (κ2) is 15.0. The van der Waals surface area contributed by atoms with Crippen LogP contribution in [0.2, 0.25) is 0 Å². The van der Waals surface area contributed by atoms with Crippen molar-refractivity contribution in [2.75, 3.05) is 36.4 Å². The second-order valence-corrected chi connectivity index (χ2v) is 12.1. The molecule has 41 heavy (non-hydrogen) atoms. The molecule has 1 saturated heterocycles. The van der Waals surface area contributed by atoms with E-state index < -0.39 is 36.8 Å². The fraction of sp³-hybridized carbons (Fsp3) is 0.613. The number of aromatic nitrogens is 2. The summed E-state index contributed by atoms with van der Waals surface area (Å²) >= 11 is 11.9. The van der Waals surface area contributed by atoms with E-state index in [2.05, 4.69) is 54.1 Å². The molecule has 3 N–H and O–H groups in total. The Hall–Kier alpha value is -1.94. The molecule has 4 rings (SSSR count). The molecule has 0 amide bonds. The highest BCUT2D eigenvalue weighted by Crippen LogP contribution is 2.40. The third kappa shape index (κ3) is 8.12. The van der Waals surface area contributed by atoms with Gasteiger partial charge in [0.25, 0.3) is 0 Å². The van der Waals surface area contributed by atoms with Gasteiger partial charge in [0.05, 0.1) is 6.61 Å². The number of hydrogen-bond acceptors (Lipinski definition) is 7. The molecule has 0 saturated carbocycles. The van der Waals surface area contributed by atoms with Gasteiger partial charge in [-0.3, -0.25) is 4.57 Å². The number of benzene rings is 1. The van der Waals surface area contributed by atoms with E-state index in [0.717, 1.165) is 44.5 Å². The Morgan fingerprint density at radius 1 is 1.10 bits per heavy atom. The predicted octanol–water partition coefficient (Wildman–Crippen LogP) is 3.92. The SMILES string of the molecule is CC(C(CCCc1ccc(N(CCCl)CCCl)cc1)C1=CC1)[C@@H](C)Cc1ccn(C2OC(CO)C(O)C2O)c(=O)n1. The molecular weight excluding hydrogens is 565 g/mol. The number of aliphatic hydroxyl groups is 3. The minimum atomic E-state index is -1.32. The lowest BCUT2D eigenvalue weighted by Crippen LogP contribution is -2.36. The molecule has 6 unspecified atom stereocenters. The van der Waals surface area contributed by atoms with Gasteiger partial charge < -0.3 is 25.0 Å². The van der Waals surface area contributed by atoms with Gasteiger partial charge in [-0.05, 0) is 73.6 Å². The number of allylic oxidation sites excluding steroid dienone is 2. The number of anilines is 1. The third-order valence-corrected chi connectivity index (χ3v) is 8.99. The minimum Gasteiger partial charge on any atom is -0.394 e. The summed E-state index contributed by atoms with van der Waals surface area (Å²) in [5.74, 6) is 2.39. The van der Waals surface area contributed by atoms with Crippen LogP contribution in [0.3, 0.4) is 0 Å². The molecule has 1 fully saturated rings. The first-order valence-electron chi connectivity index (χ1n) is 14.6. The zero-order valence-electron chi connectivity index (χ0n) is 23.9. The van der Waals surface area contributed by atoms with Gasteiger partial charge in [0, 0.05) is 42.4 Å². The number of ether oxygens (including phenoxy) is 1. The van der Waals surface area contributed by atoms with Crippen molar-refractivity contribution < 1.29 is 20.1 Å². The largest absolute Gasteiger partial charge is 0.394 e. The summed E-state index contributed by atoms with van der Waals surface area (Å²) in [5, 5.41) is 29.6. The first-order valence-corrected chi connectivity index (χ1v) is 15.7. The molecule has 1 aliphatic heterocycles. The minimum absolute atomic E-state index is 0.312. The summed E-state index contributed by atoms with van der Waals surface area (Å²) in [4.78, 5) is 19.2. The summed E-state index contributed by atoms with van der Waals surface area (Å²) in [5.41, 5.74) is 4.16. The van der Waals surface area contributed by atoms with E-state index in [9.17, 15) is 20.1 Å².